The predicted molar refractivity (Wildman–Crippen MR) is 113 cm³/mol. The molecular formula is C24H36BrNO5. The van der Waals surface area contributed by atoms with E-state index < -0.39 is 11.6 Å². The third-order valence-corrected chi connectivity index (χ3v) is 6.65. The van der Waals surface area contributed by atoms with Crippen molar-refractivity contribution in [3.05, 3.63) is 35.9 Å². The highest BCUT2D eigenvalue weighted by molar-refractivity contribution is 5.81. The molecule has 1 aromatic rings. The minimum absolute atomic E-state index is 0. The van der Waals surface area contributed by atoms with Crippen molar-refractivity contribution in [2.24, 2.45) is 5.92 Å². The number of ether oxygens (including phenoxy) is 2. The fraction of sp³-hybridized carbons (Fsp3) is 0.667. The Kier molecular flexibility index (Phi) is 9.52. The molecule has 0 aromatic heterocycles. The number of hydrogen-bond donors (Lipinski definition) is 1. The van der Waals surface area contributed by atoms with Gasteiger partial charge in [-0.1, -0.05) is 56.5 Å². The molecule has 3 unspecified atom stereocenters. The number of halogens is 1. The second kappa shape index (κ2) is 11.4. The molecule has 31 heavy (non-hydrogen) atoms. The lowest BCUT2D eigenvalue weighted by Gasteiger charge is -2.33. The highest BCUT2D eigenvalue weighted by Gasteiger charge is 2.50. The Morgan fingerprint density at radius 3 is 2.48 bits per heavy atom. The number of benzene rings is 1. The van der Waals surface area contributed by atoms with Gasteiger partial charge in [0.05, 0.1) is 20.2 Å². The minimum Gasteiger partial charge on any atom is -1.00 e. The summed E-state index contributed by atoms with van der Waals surface area (Å²) in [6.45, 7) is 4.10. The fourth-order valence-corrected chi connectivity index (χ4v) is 4.85. The lowest BCUT2D eigenvalue weighted by molar-refractivity contribution is -0.891. The van der Waals surface area contributed by atoms with Crippen LogP contribution in [0.2, 0.25) is 0 Å². The minimum atomic E-state index is -1.61. The molecule has 174 valence electrons. The lowest BCUT2D eigenvalue weighted by Crippen LogP contribution is -3.00. The van der Waals surface area contributed by atoms with E-state index in [4.69, 9.17) is 9.47 Å². The fourth-order valence-electron chi connectivity index (χ4n) is 4.85. The summed E-state index contributed by atoms with van der Waals surface area (Å²) in [5.74, 6) is -0.877. The average Bonchev–Trinajstić information content (AvgIpc) is 3.39. The molecule has 0 spiro atoms. The Bertz CT molecular complexity index is 724. The molecule has 1 aromatic carbocycles. The van der Waals surface area contributed by atoms with E-state index in [1.165, 1.54) is 0 Å². The lowest BCUT2D eigenvalue weighted by atomic mass is 9.80. The van der Waals surface area contributed by atoms with Gasteiger partial charge in [-0.3, -0.25) is 0 Å². The zero-order valence-corrected chi connectivity index (χ0v) is 20.3. The van der Waals surface area contributed by atoms with Gasteiger partial charge in [-0.2, -0.15) is 0 Å². The maximum absolute atomic E-state index is 13.2. The Balaban J connectivity index is 0.00000341. The van der Waals surface area contributed by atoms with E-state index in [0.717, 1.165) is 45.1 Å². The first kappa shape index (κ1) is 25.8. The molecule has 7 heteroatoms. The molecule has 2 fully saturated rings. The standard InChI is InChI=1S/C24H36NO5.BrH/c1-3-4-16-29-22(26)18-25(2)15-14-21(17-25)30-23(27)24(28,20-12-8-9-13-20)19-10-6-5-7-11-19;/h5-7,10-11,20-21,28H,3-4,8-9,12-18H2,1-2H3;1H/q+1;/p-1. The van der Waals surface area contributed by atoms with E-state index in [0.29, 0.717) is 29.6 Å². The van der Waals surface area contributed by atoms with Gasteiger partial charge in [0.15, 0.2) is 18.2 Å². The van der Waals surface area contributed by atoms with Crippen molar-refractivity contribution in [2.75, 3.05) is 33.3 Å². The summed E-state index contributed by atoms with van der Waals surface area (Å²) in [5, 5.41) is 11.6. The molecule has 0 radical (unpaired) electrons. The number of nitrogens with zero attached hydrogens (tertiary/aromatic N) is 1. The van der Waals surface area contributed by atoms with Gasteiger partial charge in [0, 0.05) is 12.3 Å². The summed E-state index contributed by atoms with van der Waals surface area (Å²) in [7, 11) is 2.00. The van der Waals surface area contributed by atoms with E-state index in [9.17, 15) is 14.7 Å². The van der Waals surface area contributed by atoms with Gasteiger partial charge >= 0.3 is 11.9 Å². The maximum Gasteiger partial charge on any atom is 0.361 e. The number of aliphatic hydroxyl groups is 1. The highest BCUT2D eigenvalue weighted by atomic mass is 79.9. The smallest absolute Gasteiger partial charge is 0.361 e. The van der Waals surface area contributed by atoms with Crippen molar-refractivity contribution >= 4 is 11.9 Å². The summed E-state index contributed by atoms with van der Waals surface area (Å²) < 4.78 is 11.7. The average molecular weight is 498 g/mol. The van der Waals surface area contributed by atoms with Gasteiger partial charge in [0.1, 0.15) is 6.54 Å². The zero-order chi connectivity index (χ0) is 21.6. The number of likely N-dealkylation sites (tertiary alicyclic amines) is 1. The molecule has 1 aliphatic heterocycles. The molecule has 1 aliphatic carbocycles. The van der Waals surface area contributed by atoms with Crippen LogP contribution in [0.4, 0.5) is 0 Å². The summed E-state index contributed by atoms with van der Waals surface area (Å²) in [6, 6.07) is 9.18. The first-order valence-electron chi connectivity index (χ1n) is 11.4. The third kappa shape index (κ3) is 6.30. The van der Waals surface area contributed by atoms with Crippen molar-refractivity contribution in [2.45, 2.75) is 63.6 Å². The quantitative estimate of drug-likeness (QED) is 0.299. The summed E-state index contributed by atoms with van der Waals surface area (Å²) >= 11 is 0. The number of esters is 2. The van der Waals surface area contributed by atoms with Crippen LogP contribution in [0, 0.1) is 5.92 Å². The summed E-state index contributed by atoms with van der Waals surface area (Å²) in [4.78, 5) is 25.4. The monoisotopic (exact) mass is 497 g/mol. The predicted octanol–water partition coefficient (Wildman–Crippen LogP) is 0.174. The molecule has 3 rings (SSSR count). The van der Waals surface area contributed by atoms with Crippen LogP contribution >= 0.6 is 0 Å². The molecule has 6 nitrogen and oxygen atoms in total. The first-order valence-corrected chi connectivity index (χ1v) is 11.4. The van der Waals surface area contributed by atoms with Gasteiger partial charge in [-0.15, -0.1) is 0 Å². The summed E-state index contributed by atoms with van der Waals surface area (Å²) in [6.07, 6.45) is 5.92. The van der Waals surface area contributed by atoms with E-state index in [1.807, 2.05) is 25.2 Å². The van der Waals surface area contributed by atoms with Crippen molar-refractivity contribution in [1.82, 2.24) is 0 Å². The van der Waals surface area contributed by atoms with Gasteiger partial charge in [-0.05, 0) is 24.8 Å². The molecule has 1 saturated carbocycles. The largest absolute Gasteiger partial charge is 1.00 e. The van der Waals surface area contributed by atoms with Crippen LogP contribution in [0.5, 0.6) is 0 Å². The molecule has 0 bridgehead atoms. The number of quaternary nitrogens is 1. The van der Waals surface area contributed by atoms with Crippen LogP contribution in [0.3, 0.4) is 0 Å². The normalized spacial score (nSPS) is 25.5. The van der Waals surface area contributed by atoms with Crippen molar-refractivity contribution in [3.8, 4) is 0 Å². The molecule has 1 N–H and O–H groups in total. The second-order valence-corrected chi connectivity index (χ2v) is 9.19. The van der Waals surface area contributed by atoms with Gasteiger partial charge in [0.25, 0.3) is 0 Å². The molecular weight excluding hydrogens is 462 g/mol. The third-order valence-electron chi connectivity index (χ3n) is 6.65. The van der Waals surface area contributed by atoms with Gasteiger partial charge in [-0.25, -0.2) is 9.59 Å². The van der Waals surface area contributed by atoms with Crippen LogP contribution in [0.15, 0.2) is 30.3 Å². The van der Waals surface area contributed by atoms with E-state index in [2.05, 4.69) is 6.92 Å². The number of carbonyl (C=O) groups excluding carboxylic acids is 2. The molecule has 1 heterocycles. The van der Waals surface area contributed by atoms with Gasteiger partial charge < -0.3 is 36.0 Å². The first-order chi connectivity index (χ1) is 14.4. The molecule has 3 atom stereocenters. The van der Waals surface area contributed by atoms with E-state index in [-0.39, 0.29) is 41.5 Å². The molecule has 1 saturated heterocycles. The van der Waals surface area contributed by atoms with Crippen LogP contribution in [0.1, 0.15) is 57.4 Å². The van der Waals surface area contributed by atoms with E-state index in [1.54, 1.807) is 12.1 Å². The Hall–Kier alpha value is -1.44. The van der Waals surface area contributed by atoms with Crippen LogP contribution in [-0.4, -0.2) is 60.9 Å². The van der Waals surface area contributed by atoms with Gasteiger partial charge in [0.2, 0.25) is 0 Å². The number of unbranched alkanes of at least 4 members (excludes halogenated alkanes) is 1. The number of carbonyl (C=O) groups is 2. The second-order valence-electron chi connectivity index (χ2n) is 9.19. The Labute approximate surface area is 196 Å². The number of rotatable bonds is 9. The topological polar surface area (TPSA) is 72.8 Å². The zero-order valence-electron chi connectivity index (χ0n) is 18.7. The maximum atomic E-state index is 13.2. The van der Waals surface area contributed by atoms with Crippen molar-refractivity contribution in [1.29, 1.82) is 0 Å². The highest BCUT2D eigenvalue weighted by Crippen LogP contribution is 2.42. The molecule has 2 aliphatic rings. The Morgan fingerprint density at radius 2 is 1.84 bits per heavy atom. The number of likely N-dealkylation sites (N-methyl/N-ethyl adjacent to an activating group) is 1. The van der Waals surface area contributed by atoms with Crippen LogP contribution in [-0.2, 0) is 24.7 Å². The molecule has 0 amide bonds. The van der Waals surface area contributed by atoms with E-state index >= 15 is 0 Å². The Morgan fingerprint density at radius 1 is 1.16 bits per heavy atom. The number of hydrogen-bond acceptors (Lipinski definition) is 5. The van der Waals surface area contributed by atoms with Crippen LogP contribution in [0.25, 0.3) is 0 Å². The van der Waals surface area contributed by atoms with Crippen LogP contribution < -0.4 is 17.0 Å². The SMILES string of the molecule is CCCCOC(=O)C[N+]1(C)CCC(OC(=O)C(O)(c2ccccc2)C2CCCC2)C1.[Br-]. The van der Waals surface area contributed by atoms with Crippen molar-refractivity contribution < 1.29 is 45.6 Å². The summed E-state index contributed by atoms with van der Waals surface area (Å²) in [5.41, 5.74) is -1.00. The van der Waals surface area contributed by atoms with Crippen molar-refractivity contribution in [3.63, 3.8) is 0 Å².